The van der Waals surface area contributed by atoms with E-state index in [0.29, 0.717) is 11.1 Å². The van der Waals surface area contributed by atoms with Crippen molar-refractivity contribution in [2.45, 2.75) is 6.92 Å². The van der Waals surface area contributed by atoms with Crippen LogP contribution in [0.3, 0.4) is 0 Å². The second-order valence-corrected chi connectivity index (χ2v) is 9.53. The quantitative estimate of drug-likeness (QED) is 0.139. The monoisotopic (exact) mass is 582 g/mol. The smallest absolute Gasteiger partial charge is 0.322 e. The van der Waals surface area contributed by atoms with Gasteiger partial charge in [0.2, 0.25) is 5.88 Å². The lowest BCUT2D eigenvalue weighted by molar-refractivity contribution is -0.384. The summed E-state index contributed by atoms with van der Waals surface area (Å²) in [4.78, 5) is 24.1. The summed E-state index contributed by atoms with van der Waals surface area (Å²) in [6.07, 6.45) is 3.26. The number of hydrogen-bond acceptors (Lipinski definition) is 8. The first-order chi connectivity index (χ1) is 16.4. The van der Waals surface area contributed by atoms with E-state index in [1.165, 1.54) is 23.5 Å². The lowest BCUT2D eigenvalue weighted by Crippen LogP contribution is -1.92. The molecule has 0 saturated heterocycles. The van der Waals surface area contributed by atoms with Gasteiger partial charge in [0.25, 0.3) is 5.69 Å². The highest BCUT2D eigenvalue weighted by Gasteiger charge is 2.21. The Morgan fingerprint density at radius 2 is 1.74 bits per heavy atom. The number of fused-ring (bicyclic) bond motifs is 1. The lowest BCUT2D eigenvalue weighted by atomic mass is 9.99. The van der Waals surface area contributed by atoms with E-state index in [0.717, 1.165) is 35.5 Å². The summed E-state index contributed by atoms with van der Waals surface area (Å²) < 4.78 is 7.56. The third-order valence-corrected chi connectivity index (χ3v) is 7.57. The van der Waals surface area contributed by atoms with Crippen molar-refractivity contribution in [1.82, 2.24) is 15.0 Å². The van der Waals surface area contributed by atoms with E-state index < -0.39 is 4.92 Å². The van der Waals surface area contributed by atoms with Crippen molar-refractivity contribution >= 4 is 49.7 Å². The zero-order chi connectivity index (χ0) is 23.8. The van der Waals surface area contributed by atoms with E-state index in [2.05, 4.69) is 37.5 Å². The SMILES string of the molecule is Cc1ccnc(Oc2ccc(-c3c(-c4ccc([N+](=O)[O-])cc4)sc4c(I)cnc(O)c34)cc2)n1. The first-order valence-electron chi connectivity index (χ1n) is 10.0. The molecule has 0 bridgehead atoms. The second-order valence-electron chi connectivity index (χ2n) is 7.35. The molecule has 0 amide bonds. The highest BCUT2D eigenvalue weighted by Crippen LogP contribution is 2.48. The molecule has 3 heterocycles. The number of nitro groups is 1. The number of pyridine rings is 1. The predicted molar refractivity (Wildman–Crippen MR) is 138 cm³/mol. The van der Waals surface area contributed by atoms with Gasteiger partial charge in [0.15, 0.2) is 0 Å². The van der Waals surface area contributed by atoms with Crippen molar-refractivity contribution in [3.05, 3.63) is 86.4 Å². The van der Waals surface area contributed by atoms with Crippen molar-refractivity contribution in [2.75, 3.05) is 0 Å². The average Bonchev–Trinajstić information content (AvgIpc) is 3.24. The Balaban J connectivity index is 1.62. The van der Waals surface area contributed by atoms with Gasteiger partial charge in [0, 0.05) is 44.2 Å². The Bertz CT molecular complexity index is 1540. The summed E-state index contributed by atoms with van der Waals surface area (Å²) in [5.41, 5.74) is 3.28. The summed E-state index contributed by atoms with van der Waals surface area (Å²) in [7, 11) is 0. The maximum atomic E-state index is 11.1. The number of hydrogen-bond donors (Lipinski definition) is 1. The number of benzene rings is 2. The van der Waals surface area contributed by atoms with Gasteiger partial charge in [-0.25, -0.2) is 15.0 Å². The van der Waals surface area contributed by atoms with Crippen molar-refractivity contribution in [1.29, 1.82) is 0 Å². The van der Waals surface area contributed by atoms with Crippen LogP contribution in [0.15, 0.2) is 67.0 Å². The van der Waals surface area contributed by atoms with Crippen LogP contribution < -0.4 is 4.74 Å². The number of non-ortho nitro benzene ring substituents is 1. The first kappa shape index (κ1) is 22.2. The molecule has 10 heteroatoms. The number of nitro benzene ring substituents is 1. The molecule has 0 aliphatic rings. The molecule has 5 rings (SSSR count). The van der Waals surface area contributed by atoms with Crippen molar-refractivity contribution in [3.63, 3.8) is 0 Å². The summed E-state index contributed by atoms with van der Waals surface area (Å²) in [5, 5.41) is 22.4. The van der Waals surface area contributed by atoms with Gasteiger partial charge >= 0.3 is 6.01 Å². The van der Waals surface area contributed by atoms with E-state index in [1.807, 2.05) is 31.2 Å². The van der Waals surface area contributed by atoms with Crippen LogP contribution in [0, 0.1) is 20.6 Å². The highest BCUT2D eigenvalue weighted by atomic mass is 127. The number of aromatic nitrogens is 3. The van der Waals surface area contributed by atoms with Crippen LogP contribution >= 0.6 is 33.9 Å². The lowest BCUT2D eigenvalue weighted by Gasteiger charge is -2.08. The molecule has 0 aliphatic heterocycles. The Labute approximate surface area is 211 Å². The number of thiophene rings is 1. The fourth-order valence-corrected chi connectivity index (χ4v) is 5.50. The molecule has 0 spiro atoms. The van der Waals surface area contributed by atoms with Gasteiger partial charge in [-0.3, -0.25) is 10.1 Å². The number of halogens is 1. The van der Waals surface area contributed by atoms with Crippen molar-refractivity contribution < 1.29 is 14.8 Å². The highest BCUT2D eigenvalue weighted by molar-refractivity contribution is 14.1. The fraction of sp³-hybridized carbons (Fsp3) is 0.0417. The molecule has 1 N–H and O–H groups in total. The van der Waals surface area contributed by atoms with Crippen molar-refractivity contribution in [2.24, 2.45) is 0 Å². The maximum absolute atomic E-state index is 11.1. The molecule has 0 atom stereocenters. The Hall–Kier alpha value is -3.64. The summed E-state index contributed by atoms with van der Waals surface area (Å²) >= 11 is 3.70. The summed E-state index contributed by atoms with van der Waals surface area (Å²) in [5.74, 6) is 0.506. The zero-order valence-corrected chi connectivity index (χ0v) is 20.6. The number of nitrogens with zero attached hydrogens (tertiary/aromatic N) is 4. The number of aromatic hydroxyl groups is 1. The molecule has 0 saturated carbocycles. The second kappa shape index (κ2) is 8.95. The molecular formula is C24H15IN4O4S. The first-order valence-corrected chi connectivity index (χ1v) is 11.9. The zero-order valence-electron chi connectivity index (χ0n) is 17.6. The Kier molecular flexibility index (Phi) is 5.84. The molecule has 5 aromatic rings. The topological polar surface area (TPSA) is 111 Å². The number of ether oxygens (including phenoxy) is 1. The third kappa shape index (κ3) is 4.17. The van der Waals surface area contributed by atoms with Gasteiger partial charge in [-0.05, 0) is 71.0 Å². The number of rotatable bonds is 5. The summed E-state index contributed by atoms with van der Waals surface area (Å²) in [6.45, 7) is 1.86. The molecule has 0 radical (unpaired) electrons. The van der Waals surface area contributed by atoms with Gasteiger partial charge in [-0.2, -0.15) is 0 Å². The summed E-state index contributed by atoms with van der Waals surface area (Å²) in [6, 6.07) is 15.8. The van der Waals surface area contributed by atoms with Crippen LogP contribution in [-0.4, -0.2) is 25.0 Å². The van der Waals surface area contributed by atoms with E-state index in [9.17, 15) is 15.2 Å². The Morgan fingerprint density at radius 1 is 1.03 bits per heavy atom. The molecule has 3 aromatic heterocycles. The van der Waals surface area contributed by atoms with Gasteiger partial charge in [0.05, 0.1) is 15.0 Å². The van der Waals surface area contributed by atoms with Crippen LogP contribution in [0.4, 0.5) is 5.69 Å². The average molecular weight is 582 g/mol. The predicted octanol–water partition coefficient (Wildman–Crippen LogP) is 6.74. The van der Waals surface area contributed by atoms with Gasteiger partial charge < -0.3 is 9.84 Å². The van der Waals surface area contributed by atoms with E-state index in [4.69, 9.17) is 4.74 Å². The van der Waals surface area contributed by atoms with Crippen LogP contribution in [0.25, 0.3) is 31.7 Å². The van der Waals surface area contributed by atoms with E-state index >= 15 is 0 Å². The maximum Gasteiger partial charge on any atom is 0.322 e. The fourth-order valence-electron chi connectivity index (χ4n) is 3.54. The third-order valence-electron chi connectivity index (χ3n) is 5.11. The minimum atomic E-state index is -0.426. The van der Waals surface area contributed by atoms with Crippen LogP contribution in [0.5, 0.6) is 17.6 Å². The largest absolute Gasteiger partial charge is 0.493 e. The molecule has 34 heavy (non-hydrogen) atoms. The molecular weight excluding hydrogens is 567 g/mol. The molecule has 0 fully saturated rings. The molecule has 0 aliphatic carbocycles. The van der Waals surface area contributed by atoms with Crippen molar-refractivity contribution in [3.8, 4) is 39.2 Å². The standard InChI is InChI=1S/C24H15IN4O4S/c1-13-10-11-26-24(28-13)33-17-8-4-14(5-9-17)19-20-22(18(25)12-27-23(20)30)34-21(19)15-2-6-16(7-3-15)29(31)32/h2-12H,1H3,(H,27,30). The number of aryl methyl sites for hydroxylation is 1. The van der Waals surface area contributed by atoms with Crippen LogP contribution in [0.1, 0.15) is 5.69 Å². The Morgan fingerprint density at radius 3 is 2.41 bits per heavy atom. The van der Waals surface area contributed by atoms with Crippen LogP contribution in [0.2, 0.25) is 0 Å². The van der Waals surface area contributed by atoms with Crippen LogP contribution in [-0.2, 0) is 0 Å². The van der Waals surface area contributed by atoms with E-state index in [1.54, 1.807) is 30.6 Å². The molecule has 8 nitrogen and oxygen atoms in total. The minimum Gasteiger partial charge on any atom is -0.493 e. The van der Waals surface area contributed by atoms with Gasteiger partial charge in [-0.1, -0.05) is 12.1 Å². The molecule has 168 valence electrons. The molecule has 0 unspecified atom stereocenters. The van der Waals surface area contributed by atoms with Gasteiger partial charge in [0.1, 0.15) is 5.75 Å². The van der Waals surface area contributed by atoms with Gasteiger partial charge in [-0.15, -0.1) is 11.3 Å². The molecule has 2 aromatic carbocycles. The van der Waals surface area contributed by atoms with E-state index in [-0.39, 0.29) is 17.6 Å². The normalized spacial score (nSPS) is 11.0. The minimum absolute atomic E-state index is 0.0189.